The third-order valence-corrected chi connectivity index (χ3v) is 1.93. The van der Waals surface area contributed by atoms with Crippen molar-refractivity contribution in [3.8, 4) is 0 Å². The van der Waals surface area contributed by atoms with Gasteiger partial charge < -0.3 is 5.11 Å². The standard InChI is InChI=1S/C9H9N3O2/c13-9(14)4-3-8-10-6-7-2-1-5-11-12(7)8/h1-2,5-6H,3-4H2,(H,13,14). The van der Waals surface area contributed by atoms with Crippen molar-refractivity contribution in [2.75, 3.05) is 0 Å². The van der Waals surface area contributed by atoms with Gasteiger partial charge in [0.05, 0.1) is 18.1 Å². The zero-order chi connectivity index (χ0) is 9.97. The SMILES string of the molecule is O=C(O)CCc1ncc2cccnn12. The predicted molar refractivity (Wildman–Crippen MR) is 48.9 cm³/mol. The summed E-state index contributed by atoms with van der Waals surface area (Å²) in [5.41, 5.74) is 0.882. The molecular weight excluding hydrogens is 182 g/mol. The number of carboxylic acid groups (broad SMARTS) is 1. The van der Waals surface area contributed by atoms with Gasteiger partial charge in [0.2, 0.25) is 0 Å². The predicted octanol–water partition coefficient (Wildman–Crippen LogP) is 0.746. The largest absolute Gasteiger partial charge is 0.481 e. The summed E-state index contributed by atoms with van der Waals surface area (Å²) in [6.07, 6.45) is 3.82. The maximum absolute atomic E-state index is 10.4. The van der Waals surface area contributed by atoms with E-state index in [0.29, 0.717) is 12.2 Å². The molecule has 0 unspecified atom stereocenters. The van der Waals surface area contributed by atoms with Crippen LogP contribution in [0.4, 0.5) is 0 Å². The number of hydrogen-bond donors (Lipinski definition) is 1. The summed E-state index contributed by atoms with van der Waals surface area (Å²) >= 11 is 0. The second-order valence-corrected chi connectivity index (χ2v) is 2.93. The Balaban J connectivity index is 2.29. The van der Waals surface area contributed by atoms with Gasteiger partial charge in [0, 0.05) is 12.6 Å². The number of fused-ring (bicyclic) bond motifs is 1. The summed E-state index contributed by atoms with van der Waals surface area (Å²) in [5, 5.41) is 12.6. The molecule has 2 aromatic rings. The van der Waals surface area contributed by atoms with E-state index >= 15 is 0 Å². The van der Waals surface area contributed by atoms with Crippen LogP contribution in [0, 0.1) is 0 Å². The third kappa shape index (κ3) is 1.56. The van der Waals surface area contributed by atoms with Crippen LogP contribution in [0.2, 0.25) is 0 Å². The minimum absolute atomic E-state index is 0.0791. The molecular formula is C9H9N3O2. The number of rotatable bonds is 3. The van der Waals surface area contributed by atoms with Gasteiger partial charge in [-0.2, -0.15) is 5.10 Å². The fraction of sp³-hybridized carbons (Fsp3) is 0.222. The maximum atomic E-state index is 10.4. The second kappa shape index (κ2) is 3.45. The molecule has 1 N–H and O–H groups in total. The first-order valence-corrected chi connectivity index (χ1v) is 4.27. The topological polar surface area (TPSA) is 67.5 Å². The molecule has 0 atom stereocenters. The number of carbonyl (C=O) groups is 1. The number of carboxylic acids is 1. The fourth-order valence-corrected chi connectivity index (χ4v) is 1.28. The number of hydrogen-bond acceptors (Lipinski definition) is 3. The third-order valence-electron chi connectivity index (χ3n) is 1.93. The monoisotopic (exact) mass is 191 g/mol. The van der Waals surface area contributed by atoms with E-state index in [9.17, 15) is 4.79 Å². The van der Waals surface area contributed by atoms with Crippen molar-refractivity contribution in [2.45, 2.75) is 12.8 Å². The number of aryl methyl sites for hydroxylation is 1. The molecule has 14 heavy (non-hydrogen) atoms. The minimum Gasteiger partial charge on any atom is -0.481 e. The van der Waals surface area contributed by atoms with Crippen molar-refractivity contribution in [1.82, 2.24) is 14.6 Å². The lowest BCUT2D eigenvalue weighted by molar-refractivity contribution is -0.137. The highest BCUT2D eigenvalue weighted by atomic mass is 16.4. The molecule has 0 bridgehead atoms. The lowest BCUT2D eigenvalue weighted by Gasteiger charge is -1.96. The summed E-state index contributed by atoms with van der Waals surface area (Å²) in [6.45, 7) is 0. The van der Waals surface area contributed by atoms with Crippen molar-refractivity contribution in [3.05, 3.63) is 30.4 Å². The minimum atomic E-state index is -0.822. The summed E-state index contributed by atoms with van der Waals surface area (Å²) in [6, 6.07) is 3.70. The molecule has 2 heterocycles. The fourth-order valence-electron chi connectivity index (χ4n) is 1.28. The number of aromatic nitrogens is 3. The van der Waals surface area contributed by atoms with Crippen LogP contribution in [-0.2, 0) is 11.2 Å². The number of aliphatic carboxylic acids is 1. The lowest BCUT2D eigenvalue weighted by Crippen LogP contribution is -2.02. The van der Waals surface area contributed by atoms with Gasteiger partial charge in [-0.15, -0.1) is 0 Å². The normalized spacial score (nSPS) is 10.6. The lowest BCUT2D eigenvalue weighted by atomic mass is 10.3. The first-order valence-electron chi connectivity index (χ1n) is 4.27. The van der Waals surface area contributed by atoms with Gasteiger partial charge in [0.25, 0.3) is 0 Å². The highest BCUT2D eigenvalue weighted by molar-refractivity contribution is 5.66. The smallest absolute Gasteiger partial charge is 0.303 e. The van der Waals surface area contributed by atoms with E-state index in [2.05, 4.69) is 10.1 Å². The summed E-state index contributed by atoms with van der Waals surface area (Å²) in [5.74, 6) is -0.138. The second-order valence-electron chi connectivity index (χ2n) is 2.93. The number of nitrogens with zero attached hydrogens (tertiary/aromatic N) is 3. The zero-order valence-corrected chi connectivity index (χ0v) is 7.42. The Morgan fingerprint density at radius 2 is 2.43 bits per heavy atom. The van der Waals surface area contributed by atoms with E-state index in [-0.39, 0.29) is 6.42 Å². The van der Waals surface area contributed by atoms with E-state index in [0.717, 1.165) is 5.52 Å². The molecule has 5 nitrogen and oxygen atoms in total. The molecule has 0 aliphatic rings. The molecule has 0 saturated carbocycles. The van der Waals surface area contributed by atoms with Crippen LogP contribution in [0.25, 0.3) is 5.52 Å². The molecule has 0 aliphatic heterocycles. The van der Waals surface area contributed by atoms with Gasteiger partial charge in [-0.25, -0.2) is 9.50 Å². The van der Waals surface area contributed by atoms with E-state index in [1.165, 1.54) is 0 Å². The Bertz CT molecular complexity index is 464. The Morgan fingerprint density at radius 1 is 1.57 bits per heavy atom. The molecule has 0 spiro atoms. The molecule has 0 saturated heterocycles. The quantitative estimate of drug-likeness (QED) is 0.777. The molecule has 72 valence electrons. The molecule has 0 aliphatic carbocycles. The van der Waals surface area contributed by atoms with Crippen molar-refractivity contribution < 1.29 is 9.90 Å². The Morgan fingerprint density at radius 3 is 3.21 bits per heavy atom. The molecule has 0 radical (unpaired) electrons. The zero-order valence-electron chi connectivity index (χ0n) is 7.42. The van der Waals surface area contributed by atoms with Crippen molar-refractivity contribution in [2.24, 2.45) is 0 Å². The van der Waals surface area contributed by atoms with Gasteiger partial charge in [-0.1, -0.05) is 0 Å². The molecule has 5 heteroatoms. The van der Waals surface area contributed by atoms with E-state index in [1.807, 2.05) is 12.1 Å². The van der Waals surface area contributed by atoms with E-state index in [1.54, 1.807) is 16.9 Å². The van der Waals surface area contributed by atoms with Gasteiger partial charge in [-0.3, -0.25) is 4.79 Å². The van der Waals surface area contributed by atoms with Crippen molar-refractivity contribution >= 4 is 11.5 Å². The highest BCUT2D eigenvalue weighted by Crippen LogP contribution is 2.05. The average Bonchev–Trinajstić information content (AvgIpc) is 2.58. The van der Waals surface area contributed by atoms with Crippen LogP contribution in [0.3, 0.4) is 0 Å². The Kier molecular flexibility index (Phi) is 2.14. The van der Waals surface area contributed by atoms with Crippen LogP contribution in [0.1, 0.15) is 12.2 Å². The van der Waals surface area contributed by atoms with Gasteiger partial charge >= 0.3 is 5.97 Å². The molecule has 0 amide bonds. The maximum Gasteiger partial charge on any atom is 0.303 e. The molecule has 2 rings (SSSR count). The van der Waals surface area contributed by atoms with Crippen LogP contribution in [0.5, 0.6) is 0 Å². The Hall–Kier alpha value is -1.91. The van der Waals surface area contributed by atoms with Gasteiger partial charge in [0.1, 0.15) is 5.82 Å². The first-order chi connectivity index (χ1) is 6.77. The van der Waals surface area contributed by atoms with Gasteiger partial charge in [-0.05, 0) is 12.1 Å². The first kappa shape index (κ1) is 8.68. The Labute approximate surface area is 80.0 Å². The molecule has 2 aromatic heterocycles. The van der Waals surface area contributed by atoms with Gasteiger partial charge in [0.15, 0.2) is 0 Å². The molecule has 0 fully saturated rings. The average molecular weight is 191 g/mol. The highest BCUT2D eigenvalue weighted by Gasteiger charge is 2.05. The van der Waals surface area contributed by atoms with Crippen LogP contribution in [0.15, 0.2) is 24.5 Å². The number of imidazole rings is 1. The summed E-state index contributed by atoms with van der Waals surface area (Å²) in [4.78, 5) is 14.5. The van der Waals surface area contributed by atoms with Crippen LogP contribution < -0.4 is 0 Å². The molecule has 0 aromatic carbocycles. The van der Waals surface area contributed by atoms with E-state index in [4.69, 9.17) is 5.11 Å². The van der Waals surface area contributed by atoms with Crippen molar-refractivity contribution in [3.63, 3.8) is 0 Å². The van der Waals surface area contributed by atoms with Crippen LogP contribution >= 0.6 is 0 Å². The summed E-state index contributed by atoms with van der Waals surface area (Å²) < 4.78 is 1.66. The van der Waals surface area contributed by atoms with E-state index < -0.39 is 5.97 Å². The summed E-state index contributed by atoms with van der Waals surface area (Å²) in [7, 11) is 0. The van der Waals surface area contributed by atoms with Crippen LogP contribution in [-0.4, -0.2) is 25.7 Å². The van der Waals surface area contributed by atoms with Crippen molar-refractivity contribution in [1.29, 1.82) is 0 Å².